The third-order valence-corrected chi connectivity index (χ3v) is 6.16. The Balaban J connectivity index is 0.00000101. The summed E-state index contributed by atoms with van der Waals surface area (Å²) in [5.74, 6) is -4.43. The fraction of sp³-hybridized carbons (Fsp3) is 0.263. The van der Waals surface area contributed by atoms with Gasteiger partial charge in [-0.3, -0.25) is 24.4 Å². The number of guanidine groups is 1. The largest absolute Gasteiger partial charge is 0.490 e. The van der Waals surface area contributed by atoms with Crippen LogP contribution in [0.25, 0.3) is 0 Å². The third-order valence-electron chi connectivity index (χ3n) is 4.48. The summed E-state index contributed by atoms with van der Waals surface area (Å²) >= 11 is 5.69. The van der Waals surface area contributed by atoms with Crippen LogP contribution in [0.4, 0.5) is 24.5 Å². The van der Waals surface area contributed by atoms with E-state index < -0.39 is 55.1 Å². The molecule has 0 fully saturated rings. The van der Waals surface area contributed by atoms with Gasteiger partial charge in [-0.05, 0) is 42.3 Å². The summed E-state index contributed by atoms with van der Waals surface area (Å²) in [7, 11) is -4.34. The van der Waals surface area contributed by atoms with Crippen LogP contribution in [0, 0.1) is 16.0 Å². The van der Waals surface area contributed by atoms with E-state index in [-0.39, 0.29) is 36.1 Å². The minimum Gasteiger partial charge on any atom is -0.475 e. The molecule has 0 radical (unpaired) electrons. The summed E-state index contributed by atoms with van der Waals surface area (Å²) in [6.45, 7) is -0.0130. The lowest BCUT2D eigenvalue weighted by molar-refractivity contribution is -0.384. The summed E-state index contributed by atoms with van der Waals surface area (Å²) in [4.78, 5) is 49.9. The second-order valence-electron chi connectivity index (χ2n) is 7.45. The van der Waals surface area contributed by atoms with Gasteiger partial charge in [-0.15, -0.1) is 0 Å². The van der Waals surface area contributed by atoms with E-state index in [4.69, 9.17) is 43.5 Å². The predicted molar refractivity (Wildman–Crippen MR) is 132 cm³/mol. The van der Waals surface area contributed by atoms with Gasteiger partial charge in [0.1, 0.15) is 17.3 Å². The number of nitro benzene ring substituents is 1. The lowest BCUT2D eigenvalue weighted by atomic mass is 9.99. The average molecular weight is 616 g/mol. The molecule has 0 bridgehead atoms. The van der Waals surface area contributed by atoms with Crippen LogP contribution in [0.5, 0.6) is 0 Å². The molecule has 9 N–H and O–H groups in total. The number of carboxylic acid groups (broad SMARTS) is 1. The predicted octanol–water partition coefficient (Wildman–Crippen LogP) is 0.610. The second-order valence-corrected chi connectivity index (χ2v) is 9.54. The summed E-state index contributed by atoms with van der Waals surface area (Å²) < 4.78 is 58.9. The van der Waals surface area contributed by atoms with E-state index in [0.717, 1.165) is 18.2 Å². The molecule has 0 saturated carbocycles. The van der Waals surface area contributed by atoms with Crippen molar-refractivity contribution in [2.24, 2.45) is 28.3 Å². The van der Waals surface area contributed by atoms with Crippen molar-refractivity contribution in [3.05, 3.63) is 61.5 Å². The fourth-order valence-electron chi connectivity index (χ4n) is 2.64. The van der Waals surface area contributed by atoms with Crippen molar-refractivity contribution in [1.29, 1.82) is 0 Å². The van der Waals surface area contributed by atoms with Gasteiger partial charge in [-0.1, -0.05) is 11.6 Å². The molecule has 1 atom stereocenters. The minimum absolute atomic E-state index is 0.0130. The molecule has 1 aromatic carbocycles. The lowest BCUT2D eigenvalue weighted by Gasteiger charge is -2.13. The van der Waals surface area contributed by atoms with E-state index in [0.29, 0.717) is 5.69 Å². The number of aromatic amines is 1. The van der Waals surface area contributed by atoms with E-state index >= 15 is 0 Å². The number of alkyl halides is 3. The Labute approximate surface area is 227 Å². The van der Waals surface area contributed by atoms with Crippen molar-refractivity contribution in [3.63, 3.8) is 0 Å². The number of amides is 1. The van der Waals surface area contributed by atoms with Crippen molar-refractivity contribution in [3.8, 4) is 0 Å². The highest BCUT2D eigenvalue weighted by atomic mass is 35.5. The monoisotopic (exact) mass is 615 g/mol. The SMILES string of the molecule is NC(=O)C(CCON=C(N)N)Cc1ccc(NS(=O)(=O)c2ccc(Cl)c([N+](=O)[O-])c2)c(=O)[nH]1.O=C(O)C(F)(F)F. The number of nitrogens with two attached hydrogens (primary N) is 3. The first-order valence-corrected chi connectivity index (χ1v) is 12.2. The van der Waals surface area contributed by atoms with Crippen molar-refractivity contribution < 1.29 is 46.0 Å². The highest BCUT2D eigenvalue weighted by Gasteiger charge is 2.38. The Morgan fingerprint density at radius 2 is 1.82 bits per heavy atom. The highest BCUT2D eigenvalue weighted by Crippen LogP contribution is 2.27. The van der Waals surface area contributed by atoms with Crippen LogP contribution in [-0.2, 0) is 30.9 Å². The van der Waals surface area contributed by atoms with E-state index in [1.165, 1.54) is 12.1 Å². The maximum Gasteiger partial charge on any atom is 0.490 e. The van der Waals surface area contributed by atoms with Crippen LogP contribution in [0.2, 0.25) is 5.02 Å². The van der Waals surface area contributed by atoms with Crippen LogP contribution in [0.15, 0.2) is 45.2 Å². The van der Waals surface area contributed by atoms with Gasteiger partial charge in [-0.2, -0.15) is 13.2 Å². The molecule has 16 nitrogen and oxygen atoms in total. The number of primary amides is 1. The van der Waals surface area contributed by atoms with Crippen LogP contribution in [0.1, 0.15) is 12.1 Å². The first-order chi connectivity index (χ1) is 18.3. The van der Waals surface area contributed by atoms with Gasteiger partial charge in [0, 0.05) is 17.7 Å². The zero-order valence-corrected chi connectivity index (χ0v) is 21.4. The first kappa shape index (κ1) is 33.4. The molecule has 0 saturated heterocycles. The van der Waals surface area contributed by atoms with Crippen LogP contribution < -0.4 is 27.5 Å². The standard InChI is InChI=1S/C17H20ClN7O7S.C2HF3O2/c18-12-3-2-11(8-14(12)25(28)29)33(30,31)24-13-4-1-10(22-16(13)27)7-9(15(19)26)5-6-32-23-17(20)21;3-2(4,5)1(6)7/h1-4,8-9,24H,5-7H2,(H2,19,26)(H,22,27)(H4,20,21,23);(H,6,7). The Hall–Kier alpha value is -4.59. The number of H-pyrrole nitrogens is 1. The molecule has 0 aliphatic rings. The Morgan fingerprint density at radius 1 is 1.23 bits per heavy atom. The average Bonchev–Trinajstić information content (AvgIpc) is 2.82. The van der Waals surface area contributed by atoms with Gasteiger partial charge < -0.3 is 32.1 Å². The number of rotatable bonds is 11. The van der Waals surface area contributed by atoms with Gasteiger partial charge in [0.15, 0.2) is 0 Å². The number of halogens is 4. The van der Waals surface area contributed by atoms with Gasteiger partial charge in [0.05, 0.1) is 9.82 Å². The second kappa shape index (κ2) is 14.0. The zero-order chi connectivity index (χ0) is 30.8. The smallest absolute Gasteiger partial charge is 0.475 e. The number of hydrogen-bond donors (Lipinski definition) is 6. The molecule has 1 amide bonds. The molecular weight excluding hydrogens is 595 g/mol. The van der Waals surface area contributed by atoms with Crippen molar-refractivity contribution >= 4 is 50.8 Å². The highest BCUT2D eigenvalue weighted by molar-refractivity contribution is 7.92. The van der Waals surface area contributed by atoms with E-state index in [1.807, 2.05) is 0 Å². The number of anilines is 1. The summed E-state index contributed by atoms with van der Waals surface area (Å²) in [6, 6.07) is 5.46. The van der Waals surface area contributed by atoms with E-state index in [9.17, 15) is 41.3 Å². The fourth-order valence-corrected chi connectivity index (χ4v) is 3.91. The Bertz CT molecular complexity index is 1450. The Morgan fingerprint density at radius 3 is 2.30 bits per heavy atom. The Kier molecular flexibility index (Phi) is 11.7. The van der Waals surface area contributed by atoms with Crippen LogP contribution >= 0.6 is 11.6 Å². The number of carboxylic acids is 1. The molecule has 21 heteroatoms. The maximum atomic E-state index is 12.6. The number of benzene rings is 1. The molecule has 0 aliphatic carbocycles. The number of nitrogens with one attached hydrogen (secondary N) is 2. The number of nitro groups is 1. The molecule has 0 aliphatic heterocycles. The molecule has 0 spiro atoms. The number of carbonyl (C=O) groups excluding carboxylic acids is 1. The number of hydrogen-bond acceptors (Lipinski definition) is 9. The number of aliphatic carboxylic acids is 1. The molecule has 1 unspecified atom stereocenters. The summed E-state index contributed by atoms with van der Waals surface area (Å²) in [6.07, 6.45) is -4.90. The van der Waals surface area contributed by atoms with Gasteiger partial charge in [-0.25, -0.2) is 13.2 Å². The third kappa shape index (κ3) is 10.6. The van der Waals surface area contributed by atoms with Crippen molar-refractivity contribution in [2.75, 3.05) is 11.3 Å². The topological polar surface area (TPSA) is 276 Å². The summed E-state index contributed by atoms with van der Waals surface area (Å²) in [5.41, 5.74) is 14.1. The molecule has 220 valence electrons. The molecule has 1 aromatic heterocycles. The number of aromatic nitrogens is 1. The van der Waals surface area contributed by atoms with Crippen molar-refractivity contribution in [2.45, 2.75) is 23.9 Å². The molecule has 2 rings (SSSR count). The quantitative estimate of drug-likeness (QED) is 0.0669. The molecule has 1 heterocycles. The van der Waals surface area contributed by atoms with Crippen LogP contribution in [0.3, 0.4) is 0 Å². The number of nitrogens with zero attached hydrogens (tertiary/aromatic N) is 2. The minimum atomic E-state index is -5.08. The number of carbonyl (C=O) groups is 2. The number of sulfonamides is 1. The molecular formula is C19H21ClF3N7O9S. The number of pyridine rings is 1. The number of oxime groups is 1. The normalized spacial score (nSPS) is 11.8. The van der Waals surface area contributed by atoms with Crippen molar-refractivity contribution in [1.82, 2.24) is 4.98 Å². The molecule has 40 heavy (non-hydrogen) atoms. The van der Waals surface area contributed by atoms with Gasteiger partial charge >= 0.3 is 12.1 Å². The van der Waals surface area contributed by atoms with Crippen LogP contribution in [-0.4, -0.2) is 54.1 Å². The molecule has 2 aromatic rings. The maximum absolute atomic E-state index is 12.6. The zero-order valence-electron chi connectivity index (χ0n) is 19.8. The van der Waals surface area contributed by atoms with E-state index in [2.05, 4.69) is 14.9 Å². The first-order valence-electron chi connectivity index (χ1n) is 10.3. The lowest BCUT2D eigenvalue weighted by Crippen LogP contribution is -2.28. The summed E-state index contributed by atoms with van der Waals surface area (Å²) in [5, 5.41) is 21.2. The van der Waals surface area contributed by atoms with E-state index in [1.54, 1.807) is 0 Å². The van der Waals surface area contributed by atoms with Gasteiger partial charge in [0.2, 0.25) is 11.9 Å². The van der Waals surface area contributed by atoms with Gasteiger partial charge in [0.25, 0.3) is 21.3 Å².